The monoisotopic (exact) mass is 214 g/mol. The molecule has 1 aromatic carbocycles. The van der Waals surface area contributed by atoms with Crippen molar-refractivity contribution in [1.29, 1.82) is 0 Å². The standard InChI is InChI=1S/C14H14O2/c1-10-4-3-5-11(2)13(10)8-14(15)12-6-7-16-9-12/h3-7,9H,8H2,1-2H3. The number of hydrogen-bond donors (Lipinski definition) is 0. The summed E-state index contributed by atoms with van der Waals surface area (Å²) in [6.45, 7) is 4.07. The van der Waals surface area contributed by atoms with E-state index >= 15 is 0 Å². The van der Waals surface area contributed by atoms with Crippen LogP contribution in [0, 0.1) is 13.8 Å². The molecule has 0 saturated carbocycles. The van der Waals surface area contributed by atoms with Crippen LogP contribution in [0.25, 0.3) is 0 Å². The molecule has 2 heteroatoms. The van der Waals surface area contributed by atoms with Gasteiger partial charge in [-0.15, -0.1) is 0 Å². The second-order valence-corrected chi connectivity index (χ2v) is 3.98. The Bertz CT molecular complexity index is 475. The minimum absolute atomic E-state index is 0.103. The maximum Gasteiger partial charge on any atom is 0.170 e. The molecule has 1 heterocycles. The Hall–Kier alpha value is -1.83. The first kappa shape index (κ1) is 10.7. The lowest BCUT2D eigenvalue weighted by Crippen LogP contribution is -2.05. The Morgan fingerprint density at radius 2 is 1.88 bits per heavy atom. The summed E-state index contributed by atoms with van der Waals surface area (Å²) >= 11 is 0. The molecule has 0 saturated heterocycles. The predicted molar refractivity (Wildman–Crippen MR) is 62.7 cm³/mol. The van der Waals surface area contributed by atoms with Crippen molar-refractivity contribution in [3.8, 4) is 0 Å². The lowest BCUT2D eigenvalue weighted by Gasteiger charge is -2.07. The van der Waals surface area contributed by atoms with Crippen LogP contribution in [-0.4, -0.2) is 5.78 Å². The number of furan rings is 1. The summed E-state index contributed by atoms with van der Waals surface area (Å²) in [7, 11) is 0. The van der Waals surface area contributed by atoms with Crippen LogP contribution >= 0.6 is 0 Å². The molecule has 0 bridgehead atoms. The maximum absolute atomic E-state index is 11.9. The molecule has 2 aromatic rings. The van der Waals surface area contributed by atoms with Gasteiger partial charge in [0.05, 0.1) is 11.8 Å². The number of carbonyl (C=O) groups is 1. The molecule has 16 heavy (non-hydrogen) atoms. The van der Waals surface area contributed by atoms with Crippen molar-refractivity contribution >= 4 is 5.78 Å². The Balaban J connectivity index is 2.25. The smallest absolute Gasteiger partial charge is 0.170 e. The number of ketones is 1. The van der Waals surface area contributed by atoms with Gasteiger partial charge in [0.15, 0.2) is 5.78 Å². The van der Waals surface area contributed by atoms with Crippen LogP contribution in [0.15, 0.2) is 41.2 Å². The van der Waals surface area contributed by atoms with Crippen molar-refractivity contribution in [1.82, 2.24) is 0 Å². The zero-order valence-electron chi connectivity index (χ0n) is 9.49. The van der Waals surface area contributed by atoms with Crippen molar-refractivity contribution in [2.75, 3.05) is 0 Å². The number of carbonyl (C=O) groups excluding carboxylic acids is 1. The second kappa shape index (κ2) is 4.35. The molecular weight excluding hydrogens is 200 g/mol. The number of hydrogen-bond acceptors (Lipinski definition) is 2. The third-order valence-electron chi connectivity index (χ3n) is 2.82. The predicted octanol–water partition coefficient (Wildman–Crippen LogP) is 3.32. The van der Waals surface area contributed by atoms with Gasteiger partial charge in [-0.25, -0.2) is 0 Å². The second-order valence-electron chi connectivity index (χ2n) is 3.98. The van der Waals surface area contributed by atoms with Gasteiger partial charge in [0.1, 0.15) is 6.26 Å². The molecule has 0 aliphatic heterocycles. The van der Waals surface area contributed by atoms with Crippen molar-refractivity contribution < 1.29 is 9.21 Å². The fraction of sp³-hybridized carbons (Fsp3) is 0.214. The molecule has 82 valence electrons. The highest BCUT2D eigenvalue weighted by atomic mass is 16.3. The highest BCUT2D eigenvalue weighted by Crippen LogP contribution is 2.16. The molecule has 0 aliphatic rings. The molecule has 0 N–H and O–H groups in total. The average molecular weight is 214 g/mol. The van der Waals surface area contributed by atoms with Gasteiger partial charge >= 0.3 is 0 Å². The van der Waals surface area contributed by atoms with Crippen molar-refractivity contribution in [2.45, 2.75) is 20.3 Å². The van der Waals surface area contributed by atoms with E-state index in [1.54, 1.807) is 6.07 Å². The van der Waals surface area contributed by atoms with E-state index in [4.69, 9.17) is 4.42 Å². The highest BCUT2D eigenvalue weighted by Gasteiger charge is 2.11. The first-order valence-electron chi connectivity index (χ1n) is 5.29. The molecule has 0 radical (unpaired) electrons. The van der Waals surface area contributed by atoms with Gasteiger partial charge in [0.25, 0.3) is 0 Å². The Morgan fingerprint density at radius 3 is 2.44 bits per heavy atom. The summed E-state index contributed by atoms with van der Waals surface area (Å²) in [6.07, 6.45) is 3.46. The zero-order chi connectivity index (χ0) is 11.5. The van der Waals surface area contributed by atoms with Gasteiger partial charge in [0.2, 0.25) is 0 Å². The van der Waals surface area contributed by atoms with Gasteiger partial charge in [-0.2, -0.15) is 0 Å². The number of aryl methyl sites for hydroxylation is 2. The van der Waals surface area contributed by atoms with E-state index in [-0.39, 0.29) is 5.78 Å². The summed E-state index contributed by atoms with van der Waals surface area (Å²) in [4.78, 5) is 11.9. The minimum Gasteiger partial charge on any atom is -0.472 e. The van der Waals surface area contributed by atoms with E-state index in [1.165, 1.54) is 12.5 Å². The fourth-order valence-corrected chi connectivity index (χ4v) is 1.81. The Morgan fingerprint density at radius 1 is 1.19 bits per heavy atom. The van der Waals surface area contributed by atoms with Crippen LogP contribution in [0.5, 0.6) is 0 Å². The largest absolute Gasteiger partial charge is 0.472 e. The first-order chi connectivity index (χ1) is 7.68. The van der Waals surface area contributed by atoms with Crippen LogP contribution < -0.4 is 0 Å². The van der Waals surface area contributed by atoms with E-state index < -0.39 is 0 Å². The molecular formula is C14H14O2. The topological polar surface area (TPSA) is 30.2 Å². The molecule has 0 aliphatic carbocycles. The zero-order valence-corrected chi connectivity index (χ0v) is 9.49. The summed E-state index contributed by atoms with van der Waals surface area (Å²) in [6, 6.07) is 7.78. The van der Waals surface area contributed by atoms with Crippen LogP contribution in [-0.2, 0) is 6.42 Å². The van der Waals surface area contributed by atoms with Crippen molar-refractivity contribution in [3.63, 3.8) is 0 Å². The van der Waals surface area contributed by atoms with Crippen molar-refractivity contribution in [2.24, 2.45) is 0 Å². The third-order valence-corrected chi connectivity index (χ3v) is 2.82. The molecule has 0 amide bonds. The quantitative estimate of drug-likeness (QED) is 0.734. The Kier molecular flexibility index (Phi) is 2.91. The summed E-state index contributed by atoms with van der Waals surface area (Å²) in [5.74, 6) is 0.103. The van der Waals surface area contributed by atoms with Gasteiger partial charge in [-0.1, -0.05) is 18.2 Å². The summed E-state index contributed by atoms with van der Waals surface area (Å²) in [5.41, 5.74) is 4.09. The molecule has 1 aromatic heterocycles. The lowest BCUT2D eigenvalue weighted by atomic mass is 9.96. The van der Waals surface area contributed by atoms with Crippen molar-refractivity contribution in [3.05, 3.63) is 59.0 Å². The first-order valence-corrected chi connectivity index (χ1v) is 5.29. The lowest BCUT2D eigenvalue weighted by molar-refractivity contribution is 0.0992. The van der Waals surface area contributed by atoms with Gasteiger partial charge < -0.3 is 4.42 Å². The van der Waals surface area contributed by atoms with Crippen LogP contribution in [0.1, 0.15) is 27.0 Å². The van der Waals surface area contributed by atoms with Crippen LogP contribution in [0.4, 0.5) is 0 Å². The highest BCUT2D eigenvalue weighted by molar-refractivity contribution is 5.97. The van der Waals surface area contributed by atoms with Gasteiger partial charge in [0, 0.05) is 6.42 Å². The summed E-state index contributed by atoms with van der Waals surface area (Å²) in [5, 5.41) is 0. The van der Waals surface area contributed by atoms with Gasteiger partial charge in [-0.3, -0.25) is 4.79 Å². The fourth-order valence-electron chi connectivity index (χ4n) is 1.81. The number of rotatable bonds is 3. The molecule has 2 nitrogen and oxygen atoms in total. The van der Waals surface area contributed by atoms with Crippen LogP contribution in [0.3, 0.4) is 0 Å². The Labute approximate surface area is 94.9 Å². The molecule has 0 spiro atoms. The third kappa shape index (κ3) is 2.06. The molecule has 0 atom stereocenters. The SMILES string of the molecule is Cc1cccc(C)c1CC(=O)c1ccoc1. The molecule has 0 fully saturated rings. The number of Topliss-reactive ketones (excluding diaryl/α,β-unsaturated/α-hetero) is 1. The number of benzene rings is 1. The van der Waals surface area contributed by atoms with E-state index in [0.717, 1.165) is 16.7 Å². The molecule has 2 rings (SSSR count). The average Bonchev–Trinajstić information content (AvgIpc) is 2.76. The van der Waals surface area contributed by atoms with E-state index in [2.05, 4.69) is 0 Å². The maximum atomic E-state index is 11.9. The van der Waals surface area contributed by atoms with Gasteiger partial charge in [-0.05, 0) is 36.6 Å². The van der Waals surface area contributed by atoms with E-state index in [1.807, 2.05) is 32.0 Å². The summed E-state index contributed by atoms with van der Waals surface area (Å²) < 4.78 is 4.91. The van der Waals surface area contributed by atoms with E-state index in [0.29, 0.717) is 12.0 Å². The normalized spacial score (nSPS) is 10.4. The van der Waals surface area contributed by atoms with E-state index in [9.17, 15) is 4.79 Å². The minimum atomic E-state index is 0.103. The van der Waals surface area contributed by atoms with Crippen LogP contribution in [0.2, 0.25) is 0 Å². The molecule has 0 unspecified atom stereocenters.